The molecule has 2 heterocycles. The predicted molar refractivity (Wildman–Crippen MR) is 92.3 cm³/mol. The van der Waals surface area contributed by atoms with Crippen molar-refractivity contribution >= 4 is 23.2 Å². The number of anilines is 1. The molecule has 0 aromatic carbocycles. The number of carbonyl (C=O) groups is 1. The molecule has 1 fully saturated rings. The second-order valence-electron chi connectivity index (χ2n) is 5.85. The van der Waals surface area contributed by atoms with Gasteiger partial charge >= 0.3 is 0 Å². The number of aromatic nitrogens is 2. The molecule has 0 spiro atoms. The molecule has 2 aromatic rings. The summed E-state index contributed by atoms with van der Waals surface area (Å²) in [6.07, 6.45) is 8.75. The summed E-state index contributed by atoms with van der Waals surface area (Å²) in [6.45, 7) is 0.539. The van der Waals surface area contributed by atoms with Crippen LogP contribution in [-0.2, 0) is 4.79 Å². The van der Waals surface area contributed by atoms with Gasteiger partial charge in [0.25, 0.3) is 0 Å². The zero-order valence-electron chi connectivity index (χ0n) is 13.1. The normalized spacial score (nSPS) is 16.2. The maximum absolute atomic E-state index is 12.3. The molecule has 3 rings (SSSR count). The fourth-order valence-electron chi connectivity index (χ4n) is 3.10. The van der Waals surface area contributed by atoms with Gasteiger partial charge in [0.1, 0.15) is 0 Å². The average Bonchev–Trinajstić information content (AvgIpc) is 3.27. The summed E-state index contributed by atoms with van der Waals surface area (Å²) in [4.78, 5) is 21.8. The van der Waals surface area contributed by atoms with Gasteiger partial charge in [-0.05, 0) is 36.3 Å². The second-order valence-corrected chi connectivity index (χ2v) is 6.83. The van der Waals surface area contributed by atoms with Gasteiger partial charge in [0.2, 0.25) is 11.9 Å². The number of thiophene rings is 1. The molecule has 1 aliphatic carbocycles. The molecule has 5 nitrogen and oxygen atoms in total. The van der Waals surface area contributed by atoms with Crippen LogP contribution in [0.1, 0.15) is 43.0 Å². The molecule has 0 bridgehead atoms. The highest BCUT2D eigenvalue weighted by molar-refractivity contribution is 7.10. The van der Waals surface area contributed by atoms with E-state index in [2.05, 4.69) is 38.1 Å². The number of nitrogens with zero attached hydrogens (tertiary/aromatic N) is 2. The molecular weight excluding hydrogens is 308 g/mol. The third-order valence-electron chi connectivity index (χ3n) is 4.24. The van der Waals surface area contributed by atoms with E-state index >= 15 is 0 Å². The van der Waals surface area contributed by atoms with E-state index in [9.17, 15) is 4.79 Å². The fraction of sp³-hybridized carbons (Fsp3) is 0.471. The monoisotopic (exact) mass is 330 g/mol. The van der Waals surface area contributed by atoms with E-state index in [0.717, 1.165) is 0 Å². The number of amides is 1. The number of nitrogens with one attached hydrogen (secondary N) is 2. The Kier molecular flexibility index (Phi) is 5.58. The van der Waals surface area contributed by atoms with E-state index < -0.39 is 0 Å². The lowest BCUT2D eigenvalue weighted by Gasteiger charge is -2.23. The smallest absolute Gasteiger partial charge is 0.222 e. The summed E-state index contributed by atoms with van der Waals surface area (Å²) in [6, 6.07) is 6.12. The number of carbonyl (C=O) groups excluding carboxylic acids is 1. The van der Waals surface area contributed by atoms with Gasteiger partial charge in [0.15, 0.2) is 0 Å². The van der Waals surface area contributed by atoms with E-state index in [4.69, 9.17) is 0 Å². The Bertz CT molecular complexity index is 596. The Hall–Kier alpha value is -1.95. The van der Waals surface area contributed by atoms with E-state index in [1.807, 2.05) is 0 Å². The molecule has 23 heavy (non-hydrogen) atoms. The minimum absolute atomic E-state index is 0.0822. The van der Waals surface area contributed by atoms with Crippen molar-refractivity contribution in [1.29, 1.82) is 0 Å². The minimum atomic E-state index is 0.0822. The van der Waals surface area contributed by atoms with E-state index in [0.29, 0.717) is 24.8 Å². The first-order valence-electron chi connectivity index (χ1n) is 8.16. The second kappa shape index (κ2) is 8.06. The molecule has 1 saturated carbocycles. The molecule has 0 unspecified atom stereocenters. The van der Waals surface area contributed by atoms with Crippen LogP contribution in [0.3, 0.4) is 0 Å². The van der Waals surface area contributed by atoms with Crippen LogP contribution in [-0.4, -0.2) is 22.4 Å². The molecule has 2 aromatic heterocycles. The molecule has 6 heteroatoms. The number of hydrogen-bond donors (Lipinski definition) is 2. The Morgan fingerprint density at radius 2 is 2.04 bits per heavy atom. The standard InChI is InChI=1S/C17H22N4OS/c22-15(8-11-20-17-18-9-4-10-19-17)21-16(13-5-1-2-6-13)14-7-3-12-23-14/h3-4,7,9-10,12-13,16H,1-2,5-6,8,11H2,(H,21,22)(H,18,19,20)/t16-/m0/s1. The zero-order valence-corrected chi connectivity index (χ0v) is 13.9. The Labute approximate surface area is 140 Å². The molecule has 122 valence electrons. The summed E-state index contributed by atoms with van der Waals surface area (Å²) in [5.74, 6) is 1.22. The van der Waals surface area contributed by atoms with Crippen molar-refractivity contribution in [2.24, 2.45) is 5.92 Å². The van der Waals surface area contributed by atoms with Gasteiger partial charge in [0.05, 0.1) is 6.04 Å². The van der Waals surface area contributed by atoms with Crippen LogP contribution in [0.4, 0.5) is 5.95 Å². The Morgan fingerprint density at radius 1 is 1.26 bits per heavy atom. The largest absolute Gasteiger partial charge is 0.354 e. The molecular formula is C17H22N4OS. The van der Waals surface area contributed by atoms with Gasteiger partial charge in [-0.25, -0.2) is 9.97 Å². The van der Waals surface area contributed by atoms with Gasteiger partial charge in [-0.15, -0.1) is 11.3 Å². The van der Waals surface area contributed by atoms with Crippen molar-refractivity contribution in [3.63, 3.8) is 0 Å². The van der Waals surface area contributed by atoms with Crippen molar-refractivity contribution in [1.82, 2.24) is 15.3 Å². The SMILES string of the molecule is O=C(CCNc1ncccn1)N[C@H](c1cccs1)C1CCCC1. The maximum Gasteiger partial charge on any atom is 0.222 e. The molecule has 2 N–H and O–H groups in total. The van der Waals surface area contributed by atoms with Crippen molar-refractivity contribution in [2.45, 2.75) is 38.1 Å². The van der Waals surface area contributed by atoms with E-state index in [1.54, 1.807) is 29.8 Å². The van der Waals surface area contributed by atoms with Crippen LogP contribution in [0, 0.1) is 5.92 Å². The van der Waals surface area contributed by atoms with Gasteiger partial charge in [-0.1, -0.05) is 18.9 Å². The Morgan fingerprint density at radius 3 is 2.74 bits per heavy atom. The topological polar surface area (TPSA) is 66.9 Å². The first-order chi connectivity index (χ1) is 11.3. The summed E-state index contributed by atoms with van der Waals surface area (Å²) in [5, 5.41) is 8.39. The van der Waals surface area contributed by atoms with Crippen molar-refractivity contribution in [3.05, 3.63) is 40.8 Å². The highest BCUT2D eigenvalue weighted by atomic mass is 32.1. The van der Waals surface area contributed by atoms with E-state index in [-0.39, 0.29) is 11.9 Å². The fourth-order valence-corrected chi connectivity index (χ4v) is 3.97. The number of hydrogen-bond acceptors (Lipinski definition) is 5. The van der Waals surface area contributed by atoms with Crippen LogP contribution < -0.4 is 10.6 Å². The van der Waals surface area contributed by atoms with Crippen LogP contribution >= 0.6 is 11.3 Å². The molecule has 0 radical (unpaired) electrons. The van der Waals surface area contributed by atoms with Crippen LogP contribution in [0.5, 0.6) is 0 Å². The highest BCUT2D eigenvalue weighted by Gasteiger charge is 2.28. The van der Waals surface area contributed by atoms with Gasteiger partial charge in [-0.3, -0.25) is 4.79 Å². The molecule has 0 saturated heterocycles. The van der Waals surface area contributed by atoms with Gasteiger partial charge in [-0.2, -0.15) is 0 Å². The third kappa shape index (κ3) is 4.51. The molecule has 1 aliphatic rings. The van der Waals surface area contributed by atoms with Gasteiger partial charge in [0, 0.05) is 30.2 Å². The first-order valence-corrected chi connectivity index (χ1v) is 9.04. The lowest BCUT2D eigenvalue weighted by atomic mass is 9.96. The minimum Gasteiger partial charge on any atom is -0.354 e. The lowest BCUT2D eigenvalue weighted by Crippen LogP contribution is -2.33. The van der Waals surface area contributed by atoms with Crippen LogP contribution in [0.25, 0.3) is 0 Å². The molecule has 0 aliphatic heterocycles. The third-order valence-corrected chi connectivity index (χ3v) is 5.19. The summed E-state index contributed by atoms with van der Waals surface area (Å²) >= 11 is 1.73. The molecule has 1 atom stereocenters. The van der Waals surface area contributed by atoms with Gasteiger partial charge < -0.3 is 10.6 Å². The average molecular weight is 330 g/mol. The van der Waals surface area contributed by atoms with Crippen molar-refractivity contribution < 1.29 is 4.79 Å². The zero-order chi connectivity index (χ0) is 15.9. The van der Waals surface area contributed by atoms with Crippen molar-refractivity contribution in [2.75, 3.05) is 11.9 Å². The van der Waals surface area contributed by atoms with E-state index in [1.165, 1.54) is 30.6 Å². The first kappa shape index (κ1) is 15.9. The van der Waals surface area contributed by atoms with Crippen LogP contribution in [0.2, 0.25) is 0 Å². The number of rotatable bonds is 7. The molecule has 1 amide bonds. The van der Waals surface area contributed by atoms with Crippen molar-refractivity contribution in [3.8, 4) is 0 Å². The lowest BCUT2D eigenvalue weighted by molar-refractivity contribution is -0.121. The summed E-state index contributed by atoms with van der Waals surface area (Å²) in [7, 11) is 0. The Balaban J connectivity index is 1.51. The quantitative estimate of drug-likeness (QED) is 0.816. The highest BCUT2D eigenvalue weighted by Crippen LogP contribution is 2.37. The van der Waals surface area contributed by atoms with Crippen LogP contribution in [0.15, 0.2) is 36.0 Å². The maximum atomic E-state index is 12.3. The summed E-state index contributed by atoms with van der Waals surface area (Å²) < 4.78 is 0. The summed E-state index contributed by atoms with van der Waals surface area (Å²) in [5.41, 5.74) is 0. The predicted octanol–water partition coefficient (Wildman–Crippen LogP) is 3.39.